The molecule has 4 aromatic rings. The minimum absolute atomic E-state index is 0.0375. The first-order valence-electron chi connectivity index (χ1n) is 9.11. The smallest absolute Gasteiger partial charge is 0.229 e. The number of hydrogen-bond acceptors (Lipinski definition) is 6. The summed E-state index contributed by atoms with van der Waals surface area (Å²) in [5.41, 5.74) is 1.35. The molecular weight excluding hydrogens is 457 g/mol. The normalized spacial score (nSPS) is 10.5. The molecule has 4 rings (SSSR count). The fourth-order valence-corrected chi connectivity index (χ4v) is 3.24. The first-order valence-corrected chi connectivity index (χ1v) is 9.87. The molecule has 10 heteroatoms. The average Bonchev–Trinajstić information content (AvgIpc) is 2.79. The lowest BCUT2D eigenvalue weighted by Gasteiger charge is -2.12. The molecule has 2 heterocycles. The Kier molecular flexibility index (Phi) is 6.12. The van der Waals surface area contributed by atoms with E-state index in [-0.39, 0.29) is 33.2 Å². The van der Waals surface area contributed by atoms with Gasteiger partial charge in [-0.2, -0.15) is 10.2 Å². The van der Waals surface area contributed by atoms with E-state index in [0.29, 0.717) is 16.8 Å². The molecule has 0 aliphatic heterocycles. The van der Waals surface area contributed by atoms with Gasteiger partial charge in [0.25, 0.3) is 0 Å². The van der Waals surface area contributed by atoms with Crippen molar-refractivity contribution in [2.75, 3.05) is 10.6 Å². The summed E-state index contributed by atoms with van der Waals surface area (Å²) < 4.78 is 29.5. The zero-order valence-electron chi connectivity index (χ0n) is 16.1. The van der Waals surface area contributed by atoms with Crippen LogP contribution in [0.2, 0.25) is 10.2 Å². The predicted octanol–water partition coefficient (Wildman–Crippen LogP) is 6.48. The van der Waals surface area contributed by atoms with Gasteiger partial charge in [-0.15, -0.1) is 0 Å². The van der Waals surface area contributed by atoms with Crippen LogP contribution in [0.15, 0.2) is 60.9 Å². The summed E-state index contributed by atoms with van der Waals surface area (Å²) in [5, 5.41) is 14.6. The third-order valence-corrected chi connectivity index (χ3v) is 5.14. The highest BCUT2D eigenvalue weighted by molar-refractivity contribution is 6.42. The van der Waals surface area contributed by atoms with Crippen LogP contribution in [-0.2, 0) is 0 Å². The summed E-state index contributed by atoms with van der Waals surface area (Å²) in [5.74, 6) is -1.31. The molecule has 2 aromatic carbocycles. The molecule has 0 spiro atoms. The fraction of sp³-hybridized carbons (Fsp3) is 0. The summed E-state index contributed by atoms with van der Waals surface area (Å²) in [6.07, 6.45) is 2.83. The molecule has 0 aliphatic rings. The molecule has 0 atom stereocenters. The molecule has 0 bridgehead atoms. The van der Waals surface area contributed by atoms with E-state index in [1.165, 1.54) is 24.5 Å². The van der Waals surface area contributed by atoms with E-state index in [9.17, 15) is 8.78 Å². The Balaban J connectivity index is 1.58. The number of benzene rings is 2. The highest BCUT2D eigenvalue weighted by Gasteiger charge is 2.16. The second-order valence-electron chi connectivity index (χ2n) is 6.48. The average molecular weight is 469 g/mol. The molecule has 6 nitrogen and oxygen atoms in total. The van der Waals surface area contributed by atoms with Gasteiger partial charge >= 0.3 is 0 Å². The van der Waals surface area contributed by atoms with E-state index < -0.39 is 11.6 Å². The van der Waals surface area contributed by atoms with Gasteiger partial charge in [-0.05, 0) is 54.1 Å². The van der Waals surface area contributed by atoms with E-state index in [1.54, 1.807) is 24.3 Å². The van der Waals surface area contributed by atoms with Crippen molar-refractivity contribution in [1.82, 2.24) is 15.0 Å². The van der Waals surface area contributed by atoms with Gasteiger partial charge in [0.05, 0.1) is 16.7 Å². The zero-order chi connectivity index (χ0) is 22.7. The maximum Gasteiger partial charge on any atom is 0.229 e. The molecule has 0 unspecified atom stereocenters. The Morgan fingerprint density at radius 1 is 0.875 bits per heavy atom. The number of pyridine rings is 1. The van der Waals surface area contributed by atoms with Crippen molar-refractivity contribution < 1.29 is 8.78 Å². The first-order chi connectivity index (χ1) is 15.4. The quantitative estimate of drug-likeness (QED) is 0.325. The number of aromatic nitrogens is 3. The molecule has 0 saturated carbocycles. The molecular formula is C22H12Cl2F2N6. The van der Waals surface area contributed by atoms with Crippen molar-refractivity contribution in [2.45, 2.75) is 0 Å². The van der Waals surface area contributed by atoms with Crippen molar-refractivity contribution in [2.24, 2.45) is 0 Å². The molecule has 158 valence electrons. The van der Waals surface area contributed by atoms with Gasteiger partial charge < -0.3 is 10.6 Å². The molecule has 0 fully saturated rings. The van der Waals surface area contributed by atoms with Gasteiger partial charge in [-0.25, -0.2) is 18.7 Å². The van der Waals surface area contributed by atoms with Gasteiger partial charge in [0.1, 0.15) is 28.3 Å². The number of hydrogen-bond donors (Lipinski definition) is 2. The Morgan fingerprint density at radius 2 is 1.56 bits per heavy atom. The van der Waals surface area contributed by atoms with E-state index in [2.05, 4.69) is 25.6 Å². The third-order valence-electron chi connectivity index (χ3n) is 4.38. The Bertz CT molecular complexity index is 1320. The largest absolute Gasteiger partial charge is 0.335 e. The van der Waals surface area contributed by atoms with E-state index >= 15 is 0 Å². The molecule has 2 N–H and O–H groups in total. The number of rotatable bonds is 5. The zero-order valence-corrected chi connectivity index (χ0v) is 17.6. The van der Waals surface area contributed by atoms with Crippen molar-refractivity contribution in [3.63, 3.8) is 0 Å². The highest BCUT2D eigenvalue weighted by Crippen LogP contribution is 2.35. The van der Waals surface area contributed by atoms with Crippen molar-refractivity contribution in [3.05, 3.63) is 88.3 Å². The standard InChI is InChI=1S/C22H12Cl2F2N6/c23-19-15(5-7-28-21(19)24)13-9-16(25)20(17(26)10-13)31-18-6-8-29-22(32-18)30-14-3-1-12(11-27)2-4-14/h1-10H,(H2,29,30,31,32). The molecule has 32 heavy (non-hydrogen) atoms. The minimum atomic E-state index is -0.843. The fourth-order valence-electron chi connectivity index (χ4n) is 2.86. The second kappa shape index (κ2) is 9.14. The van der Waals surface area contributed by atoms with Gasteiger partial charge in [0.2, 0.25) is 5.95 Å². The second-order valence-corrected chi connectivity index (χ2v) is 7.22. The lowest BCUT2D eigenvalue weighted by Crippen LogP contribution is -2.03. The summed E-state index contributed by atoms with van der Waals surface area (Å²) in [7, 11) is 0. The maximum absolute atomic E-state index is 14.8. The maximum atomic E-state index is 14.8. The molecule has 2 aromatic heterocycles. The molecule has 0 saturated heterocycles. The van der Waals surface area contributed by atoms with Crippen molar-refractivity contribution >= 4 is 46.3 Å². The van der Waals surface area contributed by atoms with Crippen LogP contribution in [0.1, 0.15) is 5.56 Å². The molecule has 0 aliphatic carbocycles. The van der Waals surface area contributed by atoms with Crippen LogP contribution >= 0.6 is 23.2 Å². The van der Waals surface area contributed by atoms with Gasteiger partial charge in [0.15, 0.2) is 0 Å². The van der Waals surface area contributed by atoms with Crippen LogP contribution in [0.4, 0.5) is 31.9 Å². The third kappa shape index (κ3) is 4.59. The Hall–Kier alpha value is -3.80. The topological polar surface area (TPSA) is 86.5 Å². The lowest BCUT2D eigenvalue weighted by atomic mass is 10.1. The predicted molar refractivity (Wildman–Crippen MR) is 119 cm³/mol. The highest BCUT2D eigenvalue weighted by atomic mass is 35.5. The van der Waals surface area contributed by atoms with Crippen LogP contribution in [0.25, 0.3) is 11.1 Å². The van der Waals surface area contributed by atoms with E-state index in [1.807, 2.05) is 6.07 Å². The number of anilines is 4. The number of nitrogens with one attached hydrogen (secondary N) is 2. The molecule has 0 radical (unpaired) electrons. The lowest BCUT2D eigenvalue weighted by molar-refractivity contribution is 0.591. The van der Waals surface area contributed by atoms with E-state index in [0.717, 1.165) is 12.1 Å². The van der Waals surface area contributed by atoms with Gasteiger partial charge in [0, 0.05) is 23.6 Å². The number of nitrogens with zero attached hydrogens (tertiary/aromatic N) is 4. The van der Waals surface area contributed by atoms with Crippen LogP contribution < -0.4 is 10.6 Å². The van der Waals surface area contributed by atoms with Crippen molar-refractivity contribution in [1.29, 1.82) is 5.26 Å². The van der Waals surface area contributed by atoms with Crippen LogP contribution in [0.3, 0.4) is 0 Å². The monoisotopic (exact) mass is 468 g/mol. The Labute approximate surface area is 191 Å². The summed E-state index contributed by atoms with van der Waals surface area (Å²) in [6.45, 7) is 0. The Morgan fingerprint density at radius 3 is 2.25 bits per heavy atom. The first kappa shape index (κ1) is 21.4. The minimum Gasteiger partial charge on any atom is -0.335 e. The van der Waals surface area contributed by atoms with Crippen molar-refractivity contribution in [3.8, 4) is 17.2 Å². The van der Waals surface area contributed by atoms with Crippen LogP contribution in [-0.4, -0.2) is 15.0 Å². The number of nitriles is 1. The number of halogens is 4. The van der Waals surface area contributed by atoms with Gasteiger partial charge in [-0.1, -0.05) is 23.2 Å². The SMILES string of the molecule is N#Cc1ccc(Nc2nccc(Nc3c(F)cc(-c4ccnc(Cl)c4Cl)cc3F)n2)cc1. The summed E-state index contributed by atoms with van der Waals surface area (Å²) in [6, 6.07) is 13.9. The van der Waals surface area contributed by atoms with E-state index in [4.69, 9.17) is 28.5 Å². The summed E-state index contributed by atoms with van der Waals surface area (Å²) >= 11 is 12.0. The van der Waals surface area contributed by atoms with Crippen LogP contribution in [0, 0.1) is 23.0 Å². The van der Waals surface area contributed by atoms with Crippen LogP contribution in [0.5, 0.6) is 0 Å². The van der Waals surface area contributed by atoms with Gasteiger partial charge in [-0.3, -0.25) is 0 Å². The summed E-state index contributed by atoms with van der Waals surface area (Å²) in [4.78, 5) is 12.1. The molecule has 0 amide bonds.